The summed E-state index contributed by atoms with van der Waals surface area (Å²) in [6.45, 7) is 0.626. The van der Waals surface area contributed by atoms with Gasteiger partial charge in [0.15, 0.2) is 0 Å². The summed E-state index contributed by atoms with van der Waals surface area (Å²) >= 11 is 0. The Bertz CT molecular complexity index is 862. The van der Waals surface area contributed by atoms with Crippen molar-refractivity contribution in [1.29, 1.82) is 0 Å². The molecule has 3 nitrogen and oxygen atoms in total. The fourth-order valence-corrected chi connectivity index (χ4v) is 3.86. The number of amides is 1. The predicted octanol–water partition coefficient (Wildman–Crippen LogP) is 4.37. The lowest BCUT2D eigenvalue weighted by atomic mass is 9.99. The van der Waals surface area contributed by atoms with E-state index in [1.165, 1.54) is 12.1 Å². The van der Waals surface area contributed by atoms with E-state index in [4.69, 9.17) is 5.73 Å². The Hall–Kier alpha value is -2.50. The van der Waals surface area contributed by atoms with Crippen LogP contribution in [0.25, 0.3) is 0 Å². The molecule has 2 aromatic carbocycles. The van der Waals surface area contributed by atoms with Gasteiger partial charge in [0.05, 0.1) is 5.56 Å². The van der Waals surface area contributed by atoms with Crippen LogP contribution in [0.2, 0.25) is 0 Å². The van der Waals surface area contributed by atoms with E-state index in [-0.39, 0.29) is 17.7 Å². The van der Waals surface area contributed by atoms with Gasteiger partial charge in [0.1, 0.15) is 0 Å². The van der Waals surface area contributed by atoms with Crippen LogP contribution in [0.15, 0.2) is 42.5 Å². The molecule has 4 rings (SSSR count). The number of fused-ring (bicyclic) bond motifs is 1. The average Bonchev–Trinajstić information content (AvgIpc) is 3.41. The van der Waals surface area contributed by atoms with Crippen LogP contribution in [0.5, 0.6) is 0 Å². The summed E-state index contributed by atoms with van der Waals surface area (Å²) in [7, 11) is 0. The van der Waals surface area contributed by atoms with Crippen molar-refractivity contribution in [3.63, 3.8) is 0 Å². The number of nitrogens with two attached hydrogens (primary N) is 1. The van der Waals surface area contributed by atoms with Gasteiger partial charge in [-0.2, -0.15) is 13.2 Å². The van der Waals surface area contributed by atoms with Crippen molar-refractivity contribution in [2.45, 2.75) is 31.4 Å². The molecular weight excluding hydrogens is 341 g/mol. The Morgan fingerprint density at radius 1 is 1.15 bits per heavy atom. The molecule has 2 aliphatic rings. The van der Waals surface area contributed by atoms with E-state index in [9.17, 15) is 18.0 Å². The number of benzene rings is 2. The van der Waals surface area contributed by atoms with Gasteiger partial charge in [0.2, 0.25) is 5.91 Å². The topological polar surface area (TPSA) is 46.3 Å². The molecule has 1 fully saturated rings. The molecule has 0 spiro atoms. The highest BCUT2D eigenvalue weighted by Gasteiger charge is 2.47. The van der Waals surface area contributed by atoms with E-state index in [1.807, 2.05) is 18.2 Å². The zero-order chi connectivity index (χ0) is 18.5. The Labute approximate surface area is 149 Å². The van der Waals surface area contributed by atoms with Crippen molar-refractivity contribution in [1.82, 2.24) is 0 Å². The molecule has 0 radical (unpaired) electrons. The van der Waals surface area contributed by atoms with Crippen LogP contribution in [0, 0.1) is 5.92 Å². The van der Waals surface area contributed by atoms with Crippen LogP contribution < -0.4 is 10.6 Å². The second-order valence-electron chi connectivity index (χ2n) is 7.01. The van der Waals surface area contributed by atoms with Gasteiger partial charge >= 0.3 is 6.18 Å². The standard InChI is InChI=1S/C20H19F3N2O/c21-20(22,23)13-5-1-4-12(10-13)15-11-16(15)19(26)25-9-3-6-14-17(24)7-2-8-18(14)25/h1-2,4-5,7-8,10,15-16H,3,6,9,11,24H2. The molecule has 0 aromatic heterocycles. The highest BCUT2D eigenvalue weighted by atomic mass is 19.4. The number of hydrogen-bond donors (Lipinski definition) is 1. The summed E-state index contributed by atoms with van der Waals surface area (Å²) in [5.74, 6) is -0.416. The third-order valence-corrected chi connectivity index (χ3v) is 5.30. The monoisotopic (exact) mass is 360 g/mol. The van der Waals surface area contributed by atoms with Crippen LogP contribution in [-0.4, -0.2) is 12.5 Å². The second-order valence-corrected chi connectivity index (χ2v) is 7.01. The summed E-state index contributed by atoms with van der Waals surface area (Å²) in [5, 5.41) is 0. The summed E-state index contributed by atoms with van der Waals surface area (Å²) in [4.78, 5) is 14.7. The Kier molecular flexibility index (Phi) is 3.93. The molecule has 136 valence electrons. The fourth-order valence-electron chi connectivity index (χ4n) is 3.86. The molecule has 1 aliphatic heterocycles. The molecule has 2 atom stereocenters. The van der Waals surface area contributed by atoms with Crippen LogP contribution in [0.4, 0.5) is 24.5 Å². The first-order valence-electron chi connectivity index (χ1n) is 8.72. The molecule has 1 aliphatic carbocycles. The highest BCUT2D eigenvalue weighted by molar-refractivity contribution is 5.99. The van der Waals surface area contributed by atoms with Crippen molar-refractivity contribution in [3.8, 4) is 0 Å². The largest absolute Gasteiger partial charge is 0.416 e. The number of rotatable bonds is 2. The minimum Gasteiger partial charge on any atom is -0.398 e. The highest BCUT2D eigenvalue weighted by Crippen LogP contribution is 2.50. The number of carbonyl (C=O) groups excluding carboxylic acids is 1. The van der Waals surface area contributed by atoms with Crippen LogP contribution >= 0.6 is 0 Å². The third kappa shape index (κ3) is 2.93. The van der Waals surface area contributed by atoms with Crippen molar-refractivity contribution in [3.05, 3.63) is 59.2 Å². The first kappa shape index (κ1) is 16.9. The fraction of sp³-hybridized carbons (Fsp3) is 0.350. The number of halogens is 3. The quantitative estimate of drug-likeness (QED) is 0.809. The molecule has 1 amide bonds. The molecule has 0 saturated heterocycles. The van der Waals surface area contributed by atoms with E-state index in [2.05, 4.69) is 0 Å². The molecule has 6 heteroatoms. The normalized spacial score (nSPS) is 22.0. The first-order valence-corrected chi connectivity index (χ1v) is 8.72. The minimum absolute atomic E-state index is 0.0149. The lowest BCUT2D eigenvalue weighted by Gasteiger charge is -2.30. The molecular formula is C20H19F3N2O. The SMILES string of the molecule is Nc1cccc2c1CCCN2C(=O)C1CC1c1cccc(C(F)(F)F)c1. The van der Waals surface area contributed by atoms with Crippen LogP contribution in [0.3, 0.4) is 0 Å². The molecule has 1 heterocycles. The van der Waals surface area contributed by atoms with Gasteiger partial charge in [0.25, 0.3) is 0 Å². The summed E-state index contributed by atoms with van der Waals surface area (Å²) in [6, 6.07) is 10.9. The van der Waals surface area contributed by atoms with E-state index in [0.717, 1.165) is 30.2 Å². The van der Waals surface area contributed by atoms with Crippen molar-refractivity contribution in [2.75, 3.05) is 17.2 Å². The molecule has 2 unspecified atom stereocenters. The zero-order valence-corrected chi connectivity index (χ0v) is 14.1. The second kappa shape index (κ2) is 6.04. The average molecular weight is 360 g/mol. The van der Waals surface area contributed by atoms with Gasteiger partial charge in [0, 0.05) is 23.8 Å². The maximum Gasteiger partial charge on any atom is 0.416 e. The van der Waals surface area contributed by atoms with E-state index < -0.39 is 11.7 Å². The Morgan fingerprint density at radius 3 is 2.69 bits per heavy atom. The number of hydrogen-bond acceptors (Lipinski definition) is 2. The molecule has 0 bridgehead atoms. The number of anilines is 2. The molecule has 26 heavy (non-hydrogen) atoms. The number of nitrogens with zero attached hydrogens (tertiary/aromatic N) is 1. The Balaban J connectivity index is 1.55. The number of carbonyl (C=O) groups is 1. The van der Waals surface area contributed by atoms with Crippen molar-refractivity contribution in [2.24, 2.45) is 5.92 Å². The van der Waals surface area contributed by atoms with Crippen LogP contribution in [-0.2, 0) is 17.4 Å². The van der Waals surface area contributed by atoms with Gasteiger partial charge in [-0.1, -0.05) is 24.3 Å². The number of nitrogen functional groups attached to an aromatic ring is 1. The first-order chi connectivity index (χ1) is 12.4. The summed E-state index contributed by atoms with van der Waals surface area (Å²) < 4.78 is 38.7. The summed E-state index contributed by atoms with van der Waals surface area (Å²) in [5.41, 5.74) is 8.47. The maximum absolute atomic E-state index is 13.0. The van der Waals surface area contributed by atoms with Crippen molar-refractivity contribution >= 4 is 17.3 Å². The van der Waals surface area contributed by atoms with Gasteiger partial charge in [-0.25, -0.2) is 0 Å². The zero-order valence-electron chi connectivity index (χ0n) is 14.1. The minimum atomic E-state index is -4.37. The van der Waals surface area contributed by atoms with Crippen LogP contribution in [0.1, 0.15) is 35.4 Å². The lowest BCUT2D eigenvalue weighted by molar-refractivity contribution is -0.137. The molecule has 2 aromatic rings. The smallest absolute Gasteiger partial charge is 0.398 e. The summed E-state index contributed by atoms with van der Waals surface area (Å²) in [6.07, 6.45) is -2.09. The van der Waals surface area contributed by atoms with Gasteiger partial charge < -0.3 is 10.6 Å². The van der Waals surface area contributed by atoms with E-state index in [0.29, 0.717) is 24.2 Å². The molecule has 2 N–H and O–H groups in total. The number of alkyl halides is 3. The predicted molar refractivity (Wildman–Crippen MR) is 93.8 cm³/mol. The van der Waals surface area contributed by atoms with Crippen molar-refractivity contribution < 1.29 is 18.0 Å². The van der Waals surface area contributed by atoms with Gasteiger partial charge in [-0.15, -0.1) is 0 Å². The Morgan fingerprint density at radius 2 is 1.92 bits per heavy atom. The lowest BCUT2D eigenvalue weighted by Crippen LogP contribution is -2.37. The van der Waals surface area contributed by atoms with Gasteiger partial charge in [-0.3, -0.25) is 4.79 Å². The van der Waals surface area contributed by atoms with Gasteiger partial charge in [-0.05, 0) is 54.5 Å². The maximum atomic E-state index is 13.0. The molecule has 1 saturated carbocycles. The van der Waals surface area contributed by atoms with E-state index in [1.54, 1.807) is 11.0 Å². The third-order valence-electron chi connectivity index (χ3n) is 5.30. The van der Waals surface area contributed by atoms with E-state index >= 15 is 0 Å².